The summed E-state index contributed by atoms with van der Waals surface area (Å²) in [7, 11) is 1.68. The van der Waals surface area contributed by atoms with Crippen LogP contribution in [0.3, 0.4) is 0 Å². The van der Waals surface area contributed by atoms with Gasteiger partial charge in [-0.2, -0.15) is 4.98 Å². The lowest BCUT2D eigenvalue weighted by Gasteiger charge is -2.12. The Hall–Kier alpha value is -3.31. The molecule has 0 radical (unpaired) electrons. The van der Waals surface area contributed by atoms with Crippen LogP contribution in [0.15, 0.2) is 65.2 Å². The quantitative estimate of drug-likeness (QED) is 0.322. The van der Waals surface area contributed by atoms with Crippen molar-refractivity contribution in [2.24, 2.45) is 0 Å². The molecule has 0 saturated carbocycles. The number of methoxy groups -OCH3 is 1. The standard InChI is InChI=1S/C25H23FN2O2.C2H6/c1-4-17-13-18(10-12-23(17)26)24-27-25(30-28-24)19-9-11-22(20(14-19)15-29-3)21-8-6-5-7-16(21)2;1-2/h5-14H,4,15H2,1-3H3;1-2H3. The van der Waals surface area contributed by atoms with E-state index in [0.29, 0.717) is 30.3 Å². The van der Waals surface area contributed by atoms with Gasteiger partial charge in [-0.05, 0) is 71.5 Å². The van der Waals surface area contributed by atoms with E-state index in [4.69, 9.17) is 9.26 Å². The zero-order valence-electron chi connectivity index (χ0n) is 19.3. The molecule has 4 aromatic rings. The number of rotatable bonds is 6. The number of benzene rings is 3. The van der Waals surface area contributed by atoms with Crippen molar-refractivity contribution in [2.45, 2.75) is 40.7 Å². The SMILES string of the molecule is CC.CCc1cc(-c2noc(-c3ccc(-c4ccccc4C)c(COC)c3)n2)ccc1F. The third kappa shape index (κ3) is 4.94. The number of aryl methyl sites for hydroxylation is 2. The molecule has 0 N–H and O–H groups in total. The first-order chi connectivity index (χ1) is 15.6. The number of ether oxygens (including phenoxy) is 1. The van der Waals surface area contributed by atoms with E-state index in [1.165, 1.54) is 17.2 Å². The van der Waals surface area contributed by atoms with E-state index in [-0.39, 0.29) is 5.82 Å². The van der Waals surface area contributed by atoms with E-state index < -0.39 is 0 Å². The second-order valence-electron chi connectivity index (χ2n) is 7.20. The fraction of sp³-hybridized carbons (Fsp3) is 0.259. The second kappa shape index (κ2) is 10.8. The van der Waals surface area contributed by atoms with Gasteiger partial charge >= 0.3 is 0 Å². The van der Waals surface area contributed by atoms with Crippen molar-refractivity contribution in [3.63, 3.8) is 0 Å². The largest absolute Gasteiger partial charge is 0.380 e. The first kappa shape index (κ1) is 23.4. The molecule has 0 fully saturated rings. The Kier molecular flexibility index (Phi) is 7.90. The Balaban J connectivity index is 0.00000141. The van der Waals surface area contributed by atoms with Gasteiger partial charge in [-0.25, -0.2) is 4.39 Å². The predicted octanol–water partition coefficient (Wildman–Crippen LogP) is 7.25. The minimum atomic E-state index is -0.221. The van der Waals surface area contributed by atoms with E-state index in [9.17, 15) is 4.39 Å². The van der Waals surface area contributed by atoms with Crippen LogP contribution in [0.1, 0.15) is 37.5 Å². The number of hydrogen-bond donors (Lipinski definition) is 0. The fourth-order valence-electron chi connectivity index (χ4n) is 3.58. The summed E-state index contributed by atoms with van der Waals surface area (Å²) >= 11 is 0. The third-order valence-corrected chi connectivity index (χ3v) is 5.20. The van der Waals surface area contributed by atoms with Crippen molar-refractivity contribution in [3.05, 3.63) is 83.2 Å². The van der Waals surface area contributed by atoms with Crippen LogP contribution in [0.25, 0.3) is 34.0 Å². The maximum atomic E-state index is 13.8. The monoisotopic (exact) mass is 432 g/mol. The molecular formula is C27H29FN2O2. The normalized spacial score (nSPS) is 10.6. The van der Waals surface area contributed by atoms with Gasteiger partial charge in [0.15, 0.2) is 0 Å². The highest BCUT2D eigenvalue weighted by Crippen LogP contribution is 2.31. The molecule has 0 atom stereocenters. The molecule has 4 nitrogen and oxygen atoms in total. The van der Waals surface area contributed by atoms with Crippen molar-refractivity contribution < 1.29 is 13.7 Å². The van der Waals surface area contributed by atoms with Crippen molar-refractivity contribution in [2.75, 3.05) is 7.11 Å². The van der Waals surface area contributed by atoms with Crippen molar-refractivity contribution >= 4 is 0 Å². The van der Waals surface area contributed by atoms with Gasteiger partial charge < -0.3 is 9.26 Å². The molecular weight excluding hydrogens is 403 g/mol. The summed E-state index contributed by atoms with van der Waals surface area (Å²) in [6.07, 6.45) is 0.602. The molecule has 4 rings (SSSR count). The van der Waals surface area contributed by atoms with Crippen molar-refractivity contribution in [1.29, 1.82) is 0 Å². The highest BCUT2D eigenvalue weighted by Gasteiger charge is 2.15. The van der Waals surface area contributed by atoms with Crippen LogP contribution < -0.4 is 0 Å². The molecule has 0 spiro atoms. The minimum Gasteiger partial charge on any atom is -0.380 e. The van der Waals surface area contributed by atoms with Gasteiger partial charge in [-0.3, -0.25) is 0 Å². The van der Waals surface area contributed by atoms with Gasteiger partial charge in [0.05, 0.1) is 6.61 Å². The topological polar surface area (TPSA) is 48.2 Å². The lowest BCUT2D eigenvalue weighted by molar-refractivity contribution is 0.185. The number of hydrogen-bond acceptors (Lipinski definition) is 4. The van der Waals surface area contributed by atoms with E-state index >= 15 is 0 Å². The zero-order valence-corrected chi connectivity index (χ0v) is 19.3. The minimum absolute atomic E-state index is 0.221. The van der Waals surface area contributed by atoms with Gasteiger partial charge in [-0.1, -0.05) is 56.3 Å². The Morgan fingerprint density at radius 1 is 0.906 bits per heavy atom. The van der Waals surface area contributed by atoms with Crippen molar-refractivity contribution in [1.82, 2.24) is 10.1 Å². The van der Waals surface area contributed by atoms with Crippen LogP contribution in [0.4, 0.5) is 4.39 Å². The van der Waals surface area contributed by atoms with Crippen LogP contribution in [0.5, 0.6) is 0 Å². The van der Waals surface area contributed by atoms with E-state index in [1.807, 2.05) is 45.0 Å². The summed E-state index contributed by atoms with van der Waals surface area (Å²) in [5, 5.41) is 4.10. The molecule has 5 heteroatoms. The Labute approximate surface area is 189 Å². The van der Waals surface area contributed by atoms with Gasteiger partial charge in [0.1, 0.15) is 5.82 Å². The van der Waals surface area contributed by atoms with Crippen LogP contribution in [-0.2, 0) is 17.8 Å². The Morgan fingerprint density at radius 3 is 2.34 bits per heavy atom. The first-order valence-corrected chi connectivity index (χ1v) is 10.9. The van der Waals surface area contributed by atoms with E-state index in [2.05, 4.69) is 35.3 Å². The zero-order chi connectivity index (χ0) is 23.1. The lowest BCUT2D eigenvalue weighted by atomic mass is 9.94. The number of nitrogens with zero attached hydrogens (tertiary/aromatic N) is 2. The predicted molar refractivity (Wildman–Crippen MR) is 127 cm³/mol. The second-order valence-corrected chi connectivity index (χ2v) is 7.20. The summed E-state index contributed by atoms with van der Waals surface area (Å²) in [5.74, 6) is 0.637. The Morgan fingerprint density at radius 2 is 1.62 bits per heavy atom. The average molecular weight is 433 g/mol. The molecule has 0 aliphatic heterocycles. The fourth-order valence-corrected chi connectivity index (χ4v) is 3.58. The van der Waals surface area contributed by atoms with Gasteiger partial charge in [-0.15, -0.1) is 0 Å². The summed E-state index contributed by atoms with van der Waals surface area (Å²) in [6.45, 7) is 8.48. The summed E-state index contributed by atoms with van der Waals surface area (Å²) in [6, 6.07) is 19.2. The molecule has 0 amide bonds. The van der Waals surface area contributed by atoms with E-state index in [1.54, 1.807) is 19.2 Å². The number of aromatic nitrogens is 2. The first-order valence-electron chi connectivity index (χ1n) is 10.9. The van der Waals surface area contributed by atoms with Crippen LogP contribution in [0, 0.1) is 12.7 Å². The maximum Gasteiger partial charge on any atom is 0.258 e. The summed E-state index contributed by atoms with van der Waals surface area (Å²) in [4.78, 5) is 4.54. The highest BCUT2D eigenvalue weighted by atomic mass is 19.1. The Bertz CT molecular complexity index is 1180. The van der Waals surface area contributed by atoms with Gasteiger partial charge in [0.2, 0.25) is 5.82 Å². The average Bonchev–Trinajstić information content (AvgIpc) is 3.32. The number of halogens is 1. The molecule has 32 heavy (non-hydrogen) atoms. The molecule has 0 saturated heterocycles. The van der Waals surface area contributed by atoms with E-state index in [0.717, 1.165) is 22.3 Å². The molecule has 1 heterocycles. The van der Waals surface area contributed by atoms with Crippen LogP contribution in [0.2, 0.25) is 0 Å². The molecule has 166 valence electrons. The third-order valence-electron chi connectivity index (χ3n) is 5.20. The molecule has 0 aliphatic rings. The smallest absolute Gasteiger partial charge is 0.258 e. The molecule has 0 aliphatic carbocycles. The summed E-state index contributed by atoms with van der Waals surface area (Å²) in [5.41, 5.74) is 6.70. The van der Waals surface area contributed by atoms with Gasteiger partial charge in [0, 0.05) is 18.2 Å². The summed E-state index contributed by atoms with van der Waals surface area (Å²) < 4.78 is 24.7. The molecule has 0 unspecified atom stereocenters. The maximum absolute atomic E-state index is 13.8. The molecule has 1 aromatic heterocycles. The highest BCUT2D eigenvalue weighted by molar-refractivity contribution is 5.74. The van der Waals surface area contributed by atoms with Crippen LogP contribution >= 0.6 is 0 Å². The molecule has 3 aromatic carbocycles. The van der Waals surface area contributed by atoms with Gasteiger partial charge in [0.25, 0.3) is 5.89 Å². The molecule has 0 bridgehead atoms. The lowest BCUT2D eigenvalue weighted by Crippen LogP contribution is -1.95. The van der Waals surface area contributed by atoms with Crippen LogP contribution in [-0.4, -0.2) is 17.3 Å². The van der Waals surface area contributed by atoms with Crippen molar-refractivity contribution in [3.8, 4) is 34.0 Å².